The third-order valence-electron chi connectivity index (χ3n) is 4.98. The molecule has 0 radical (unpaired) electrons. The molecule has 0 saturated carbocycles. The molecule has 2 amide bonds. The van der Waals surface area contributed by atoms with E-state index in [9.17, 15) is 14.4 Å². The smallest absolute Gasteiger partial charge is 0.308 e. The molecule has 2 aromatic rings. The standard InChI is InChI=1S/C21H24N2O4/c1-5-27-17(24)13-21(4)19(26)22-20(2,3)23(21)18(25)16-12-8-10-14-9-6-7-11-15(14)16/h6-12H,5,13H2,1-4H3,(H,22,26)/t21-/m1/s1. The van der Waals surface area contributed by atoms with Gasteiger partial charge < -0.3 is 15.0 Å². The maximum atomic E-state index is 13.6. The molecule has 0 aliphatic carbocycles. The lowest BCUT2D eigenvalue weighted by Gasteiger charge is -2.39. The van der Waals surface area contributed by atoms with Crippen LogP contribution < -0.4 is 5.32 Å². The summed E-state index contributed by atoms with van der Waals surface area (Å²) in [5.41, 5.74) is -1.77. The SMILES string of the molecule is CCOC(=O)C[C@]1(C)C(=O)NC(C)(C)N1C(=O)c1cccc2ccccc12. The molecule has 0 aromatic heterocycles. The van der Waals surface area contributed by atoms with Crippen LogP contribution in [0.15, 0.2) is 42.5 Å². The van der Waals surface area contributed by atoms with E-state index in [4.69, 9.17) is 4.74 Å². The Labute approximate surface area is 158 Å². The second-order valence-electron chi connectivity index (χ2n) is 7.44. The average molecular weight is 368 g/mol. The monoisotopic (exact) mass is 368 g/mol. The van der Waals surface area contributed by atoms with Gasteiger partial charge in [0.15, 0.2) is 0 Å². The van der Waals surface area contributed by atoms with E-state index in [0.29, 0.717) is 5.56 Å². The molecule has 6 nitrogen and oxygen atoms in total. The minimum Gasteiger partial charge on any atom is -0.466 e. The highest BCUT2D eigenvalue weighted by Gasteiger charge is 2.57. The number of nitrogens with zero attached hydrogens (tertiary/aromatic N) is 1. The van der Waals surface area contributed by atoms with E-state index in [0.717, 1.165) is 10.8 Å². The van der Waals surface area contributed by atoms with Crippen LogP contribution in [0.2, 0.25) is 0 Å². The van der Waals surface area contributed by atoms with Crippen LogP contribution in [0, 0.1) is 0 Å². The van der Waals surface area contributed by atoms with Gasteiger partial charge in [-0.2, -0.15) is 0 Å². The van der Waals surface area contributed by atoms with Gasteiger partial charge in [0.1, 0.15) is 11.2 Å². The van der Waals surface area contributed by atoms with Crippen LogP contribution in [0.3, 0.4) is 0 Å². The minimum atomic E-state index is -1.33. The molecule has 6 heteroatoms. The Morgan fingerprint density at radius 2 is 1.74 bits per heavy atom. The molecule has 1 fully saturated rings. The lowest BCUT2D eigenvalue weighted by Crippen LogP contribution is -2.56. The molecule has 0 spiro atoms. The largest absolute Gasteiger partial charge is 0.466 e. The summed E-state index contributed by atoms with van der Waals surface area (Å²) in [6.45, 7) is 7.04. The van der Waals surface area contributed by atoms with Gasteiger partial charge in [-0.05, 0) is 44.5 Å². The van der Waals surface area contributed by atoms with Gasteiger partial charge in [0.05, 0.1) is 13.0 Å². The van der Waals surface area contributed by atoms with Crippen molar-refractivity contribution in [1.29, 1.82) is 0 Å². The molecule has 27 heavy (non-hydrogen) atoms. The van der Waals surface area contributed by atoms with E-state index in [1.165, 1.54) is 4.90 Å². The molecular weight excluding hydrogens is 344 g/mol. The van der Waals surface area contributed by atoms with Gasteiger partial charge in [-0.25, -0.2) is 0 Å². The first-order valence-electron chi connectivity index (χ1n) is 9.01. The summed E-state index contributed by atoms with van der Waals surface area (Å²) < 4.78 is 5.03. The van der Waals surface area contributed by atoms with Crippen LogP contribution in [-0.2, 0) is 14.3 Å². The Hall–Kier alpha value is -2.89. The van der Waals surface area contributed by atoms with Crippen LogP contribution in [0.25, 0.3) is 10.8 Å². The van der Waals surface area contributed by atoms with E-state index in [2.05, 4.69) is 5.32 Å². The molecule has 142 valence electrons. The maximum Gasteiger partial charge on any atom is 0.308 e. The fraction of sp³-hybridized carbons (Fsp3) is 0.381. The first-order valence-corrected chi connectivity index (χ1v) is 9.01. The highest BCUT2D eigenvalue weighted by atomic mass is 16.5. The van der Waals surface area contributed by atoms with Gasteiger partial charge in [0.2, 0.25) is 5.91 Å². The molecular formula is C21H24N2O4. The van der Waals surface area contributed by atoms with Gasteiger partial charge in [0.25, 0.3) is 5.91 Å². The Bertz CT molecular complexity index is 916. The fourth-order valence-electron chi connectivity index (χ4n) is 3.85. The molecule has 1 saturated heterocycles. The molecule has 0 unspecified atom stereocenters. The van der Waals surface area contributed by atoms with Gasteiger partial charge in [-0.15, -0.1) is 0 Å². The van der Waals surface area contributed by atoms with E-state index < -0.39 is 17.2 Å². The van der Waals surface area contributed by atoms with E-state index in [1.54, 1.807) is 33.8 Å². The summed E-state index contributed by atoms with van der Waals surface area (Å²) in [5.74, 6) is -1.18. The van der Waals surface area contributed by atoms with Gasteiger partial charge in [-0.3, -0.25) is 14.4 Å². The maximum absolute atomic E-state index is 13.6. The van der Waals surface area contributed by atoms with Crippen molar-refractivity contribution in [2.24, 2.45) is 0 Å². The van der Waals surface area contributed by atoms with E-state index >= 15 is 0 Å². The Kier molecular flexibility index (Phi) is 4.68. The first kappa shape index (κ1) is 18.9. The van der Waals surface area contributed by atoms with Crippen molar-refractivity contribution in [2.75, 3.05) is 6.61 Å². The van der Waals surface area contributed by atoms with Crippen LogP contribution in [0.1, 0.15) is 44.5 Å². The van der Waals surface area contributed by atoms with Crippen LogP contribution >= 0.6 is 0 Å². The van der Waals surface area contributed by atoms with Gasteiger partial charge in [0, 0.05) is 5.56 Å². The molecule has 1 heterocycles. The number of benzene rings is 2. The molecule has 1 atom stereocenters. The summed E-state index contributed by atoms with van der Waals surface area (Å²) in [6, 6.07) is 13.1. The number of fused-ring (bicyclic) bond motifs is 1. The quantitative estimate of drug-likeness (QED) is 0.842. The minimum absolute atomic E-state index is 0.202. The number of hydrogen-bond acceptors (Lipinski definition) is 4. The predicted octanol–water partition coefficient (Wildman–Crippen LogP) is 2.86. The summed E-state index contributed by atoms with van der Waals surface area (Å²) in [7, 11) is 0. The number of ether oxygens (including phenoxy) is 1. The van der Waals surface area contributed by atoms with E-state index in [1.807, 2.05) is 36.4 Å². The fourth-order valence-corrected chi connectivity index (χ4v) is 3.85. The third kappa shape index (κ3) is 3.16. The zero-order chi connectivity index (χ0) is 19.8. The van der Waals surface area contributed by atoms with Gasteiger partial charge >= 0.3 is 5.97 Å². The zero-order valence-corrected chi connectivity index (χ0v) is 16.0. The number of carbonyl (C=O) groups excluding carboxylic acids is 3. The number of nitrogens with one attached hydrogen (secondary N) is 1. The molecule has 1 aliphatic rings. The highest BCUT2D eigenvalue weighted by molar-refractivity contribution is 6.10. The van der Waals surface area contributed by atoms with Crippen molar-refractivity contribution in [3.05, 3.63) is 48.0 Å². The molecule has 1 aliphatic heterocycles. The number of esters is 1. The van der Waals surface area contributed by atoms with Crippen LogP contribution in [0.4, 0.5) is 0 Å². The van der Waals surface area contributed by atoms with Crippen LogP contribution in [0.5, 0.6) is 0 Å². The van der Waals surface area contributed by atoms with Crippen molar-refractivity contribution < 1.29 is 19.1 Å². The summed E-state index contributed by atoms with van der Waals surface area (Å²) >= 11 is 0. The van der Waals surface area contributed by atoms with Crippen LogP contribution in [-0.4, -0.2) is 40.5 Å². The van der Waals surface area contributed by atoms with Crippen molar-refractivity contribution in [3.63, 3.8) is 0 Å². The Morgan fingerprint density at radius 3 is 2.44 bits per heavy atom. The molecule has 2 aromatic carbocycles. The summed E-state index contributed by atoms with van der Waals surface area (Å²) in [5, 5.41) is 4.58. The third-order valence-corrected chi connectivity index (χ3v) is 4.98. The topological polar surface area (TPSA) is 75.7 Å². The van der Waals surface area contributed by atoms with E-state index in [-0.39, 0.29) is 24.8 Å². The number of carbonyl (C=O) groups is 3. The molecule has 1 N–H and O–H groups in total. The summed E-state index contributed by atoms with van der Waals surface area (Å²) in [4.78, 5) is 39.9. The normalized spacial score (nSPS) is 21.2. The lowest BCUT2D eigenvalue weighted by atomic mass is 9.93. The van der Waals surface area contributed by atoms with Crippen molar-refractivity contribution >= 4 is 28.6 Å². The van der Waals surface area contributed by atoms with Crippen molar-refractivity contribution in [3.8, 4) is 0 Å². The summed E-state index contributed by atoms with van der Waals surface area (Å²) in [6.07, 6.45) is -0.202. The second kappa shape index (κ2) is 6.68. The second-order valence-corrected chi connectivity index (χ2v) is 7.44. The number of amides is 2. The van der Waals surface area contributed by atoms with Crippen molar-refractivity contribution in [2.45, 2.75) is 45.3 Å². The first-order chi connectivity index (χ1) is 12.7. The number of rotatable bonds is 4. The highest BCUT2D eigenvalue weighted by Crippen LogP contribution is 2.36. The zero-order valence-electron chi connectivity index (χ0n) is 16.0. The van der Waals surface area contributed by atoms with Crippen molar-refractivity contribution in [1.82, 2.24) is 10.2 Å². The predicted molar refractivity (Wildman–Crippen MR) is 102 cm³/mol. The molecule has 3 rings (SSSR count). The molecule has 0 bridgehead atoms. The number of hydrogen-bond donors (Lipinski definition) is 1. The Morgan fingerprint density at radius 1 is 1.07 bits per heavy atom. The average Bonchev–Trinajstić information content (AvgIpc) is 2.78. The lowest BCUT2D eigenvalue weighted by molar-refractivity contribution is -0.148. The Balaban J connectivity index is 2.08. The van der Waals surface area contributed by atoms with Gasteiger partial charge in [-0.1, -0.05) is 36.4 Å².